The molecule has 0 saturated carbocycles. The van der Waals surface area contributed by atoms with E-state index in [2.05, 4.69) is 15.8 Å². The molecule has 6 N–H and O–H groups in total. The third-order valence-corrected chi connectivity index (χ3v) is 9.92. The van der Waals surface area contributed by atoms with Gasteiger partial charge in [0.05, 0.1) is 65.1 Å². The molecular weight excluding hydrogens is 706 g/mol. The van der Waals surface area contributed by atoms with Crippen molar-refractivity contribution in [3.63, 3.8) is 0 Å². The summed E-state index contributed by atoms with van der Waals surface area (Å²) in [6.45, 7) is -0.00301. The van der Waals surface area contributed by atoms with Crippen molar-refractivity contribution >= 4 is 17.3 Å². The number of aliphatic hydroxyl groups is 4. The number of fused-ring (bicyclic) bond motifs is 1. The van der Waals surface area contributed by atoms with E-state index in [0.29, 0.717) is 76.2 Å². The van der Waals surface area contributed by atoms with Gasteiger partial charge in [-0.1, -0.05) is 42.6 Å². The minimum Gasteiger partial charge on any atom is -0.493 e. The fraction of sp³-hybridized carbons (Fsp3) is 0.381. The average molecular weight is 756 g/mol. The second-order valence-corrected chi connectivity index (χ2v) is 13.4. The number of carbonyl (C=O) groups is 1. The molecule has 4 aromatic rings. The smallest absolute Gasteiger partial charge is 0.255 e. The van der Waals surface area contributed by atoms with Gasteiger partial charge >= 0.3 is 0 Å². The van der Waals surface area contributed by atoms with Crippen LogP contribution in [0.1, 0.15) is 100 Å². The molecule has 13 heteroatoms. The molecule has 55 heavy (non-hydrogen) atoms. The Morgan fingerprint density at radius 3 is 2.00 bits per heavy atom. The van der Waals surface area contributed by atoms with Gasteiger partial charge in [-0.15, -0.1) is 0 Å². The van der Waals surface area contributed by atoms with Crippen molar-refractivity contribution in [1.82, 2.24) is 5.32 Å². The van der Waals surface area contributed by atoms with Crippen molar-refractivity contribution in [2.45, 2.75) is 77.2 Å². The largest absolute Gasteiger partial charge is 0.493 e. The number of para-hydroxylation sites is 1. The Hall–Kier alpha value is -5.34. The minimum atomic E-state index is -0.433. The van der Waals surface area contributed by atoms with Gasteiger partial charge in [0.1, 0.15) is 11.9 Å². The van der Waals surface area contributed by atoms with Gasteiger partial charge in [0.15, 0.2) is 17.6 Å². The first-order valence-electron chi connectivity index (χ1n) is 18.5. The highest BCUT2D eigenvalue weighted by Crippen LogP contribution is 2.41. The zero-order valence-corrected chi connectivity index (χ0v) is 31.2. The van der Waals surface area contributed by atoms with E-state index in [1.165, 1.54) is 0 Å². The fourth-order valence-corrected chi connectivity index (χ4v) is 6.92. The molecule has 0 radical (unpaired) electrons. The summed E-state index contributed by atoms with van der Waals surface area (Å²) in [6.07, 6.45) is 4.25. The maximum absolute atomic E-state index is 12.6. The molecule has 0 spiro atoms. The summed E-state index contributed by atoms with van der Waals surface area (Å²) in [5.41, 5.74) is 6.63. The normalized spacial score (nSPS) is 16.0. The zero-order valence-electron chi connectivity index (χ0n) is 31.2. The molecule has 1 amide bonds. The number of amides is 1. The van der Waals surface area contributed by atoms with Gasteiger partial charge in [-0.25, -0.2) is 0 Å². The van der Waals surface area contributed by atoms with Gasteiger partial charge in [0.2, 0.25) is 5.75 Å². The molecule has 13 nitrogen and oxygen atoms in total. The Balaban J connectivity index is 0.942. The average Bonchev–Trinajstić information content (AvgIpc) is 3.73. The van der Waals surface area contributed by atoms with Crippen LogP contribution in [0.3, 0.4) is 0 Å². The molecular formula is C42H49N3O10. The second-order valence-electron chi connectivity index (χ2n) is 13.4. The standard InChI is InChI=1S/C42H49N3O10/c1-51-38-19-27(35-21-37(55-45-35)28-17-29(22-46)33(25-49)30(18-28)23-47)20-39(52-2)40(38)54-15-9-5-3-4-8-14-53-36-13-12-26(16-31(36)24-48)41-43-34-11-7-6-10-32(34)42(50)44-41/h6-7,10-13,16-20,37,41,43,46-49H,3-5,8-9,14-15,21-25H2,1-2H3,(H,44,50). The van der Waals surface area contributed by atoms with Crippen LogP contribution in [-0.4, -0.2) is 59.5 Å². The fourth-order valence-electron chi connectivity index (χ4n) is 6.92. The summed E-state index contributed by atoms with van der Waals surface area (Å²) in [7, 11) is 3.15. The molecule has 4 aromatic carbocycles. The van der Waals surface area contributed by atoms with Crippen molar-refractivity contribution in [3.05, 3.63) is 111 Å². The molecule has 2 atom stereocenters. The zero-order chi connectivity index (χ0) is 38.7. The first-order chi connectivity index (χ1) is 26.9. The van der Waals surface area contributed by atoms with Crippen LogP contribution in [0.25, 0.3) is 0 Å². The number of methoxy groups -OCH3 is 2. The van der Waals surface area contributed by atoms with Gasteiger partial charge in [-0.2, -0.15) is 0 Å². The van der Waals surface area contributed by atoms with Crippen LogP contribution in [0, 0.1) is 0 Å². The van der Waals surface area contributed by atoms with Crippen LogP contribution in [0.15, 0.2) is 71.9 Å². The van der Waals surface area contributed by atoms with Gasteiger partial charge < -0.3 is 54.8 Å². The molecule has 0 saturated heterocycles. The van der Waals surface area contributed by atoms with Crippen LogP contribution in [0.2, 0.25) is 0 Å². The summed E-state index contributed by atoms with van der Waals surface area (Å²) in [6, 6.07) is 20.2. The molecule has 0 fully saturated rings. The maximum Gasteiger partial charge on any atom is 0.255 e. The van der Waals surface area contributed by atoms with Crippen molar-refractivity contribution in [2.24, 2.45) is 5.16 Å². The van der Waals surface area contributed by atoms with E-state index in [1.807, 2.05) is 48.5 Å². The molecule has 0 aliphatic carbocycles. The molecule has 2 aliphatic rings. The summed E-state index contributed by atoms with van der Waals surface area (Å²) in [5, 5.41) is 50.1. The Labute approximate surface area is 320 Å². The lowest BCUT2D eigenvalue weighted by molar-refractivity contribution is 0.0853. The number of ether oxygens (including phenoxy) is 4. The first-order valence-corrected chi connectivity index (χ1v) is 18.5. The second kappa shape index (κ2) is 18.8. The number of oxime groups is 1. The Kier molecular flexibility index (Phi) is 13.5. The van der Waals surface area contributed by atoms with E-state index in [1.54, 1.807) is 32.4 Å². The molecule has 292 valence electrons. The van der Waals surface area contributed by atoms with Gasteiger partial charge in [0, 0.05) is 23.2 Å². The van der Waals surface area contributed by atoms with E-state index < -0.39 is 12.3 Å². The highest BCUT2D eigenvalue weighted by Gasteiger charge is 2.28. The van der Waals surface area contributed by atoms with Crippen LogP contribution in [0.5, 0.6) is 23.0 Å². The van der Waals surface area contributed by atoms with Crippen molar-refractivity contribution in [1.29, 1.82) is 0 Å². The van der Waals surface area contributed by atoms with Gasteiger partial charge in [-0.05, 0) is 89.2 Å². The van der Waals surface area contributed by atoms with Crippen LogP contribution in [-0.2, 0) is 31.3 Å². The molecule has 2 aliphatic heterocycles. The maximum atomic E-state index is 12.6. The number of hydrogen-bond donors (Lipinski definition) is 6. The number of anilines is 1. The third kappa shape index (κ3) is 9.14. The Bertz CT molecular complexity index is 1930. The lowest BCUT2D eigenvalue weighted by atomic mass is 9.93. The quantitative estimate of drug-likeness (QED) is 0.0637. The predicted molar refractivity (Wildman–Crippen MR) is 205 cm³/mol. The summed E-state index contributed by atoms with van der Waals surface area (Å²) in [5.74, 6) is 2.01. The van der Waals surface area contributed by atoms with Crippen molar-refractivity contribution in [2.75, 3.05) is 32.8 Å². The Morgan fingerprint density at radius 1 is 0.709 bits per heavy atom. The van der Waals surface area contributed by atoms with E-state index >= 15 is 0 Å². The van der Waals surface area contributed by atoms with Crippen LogP contribution in [0.4, 0.5) is 5.69 Å². The summed E-state index contributed by atoms with van der Waals surface area (Å²) >= 11 is 0. The number of unbranched alkanes of at least 4 members (excludes halogenated alkanes) is 4. The van der Waals surface area contributed by atoms with Gasteiger partial charge in [0.25, 0.3) is 5.91 Å². The number of benzene rings is 4. The lowest BCUT2D eigenvalue weighted by Gasteiger charge is -2.28. The summed E-state index contributed by atoms with van der Waals surface area (Å²) < 4.78 is 23.5. The summed E-state index contributed by atoms with van der Waals surface area (Å²) in [4.78, 5) is 18.3. The third-order valence-electron chi connectivity index (χ3n) is 9.92. The molecule has 0 bridgehead atoms. The molecule has 6 rings (SSSR count). The van der Waals surface area contributed by atoms with Crippen molar-refractivity contribution < 1.29 is 49.0 Å². The van der Waals surface area contributed by atoms with E-state index in [0.717, 1.165) is 54.5 Å². The number of nitrogens with one attached hydrogen (secondary N) is 2. The van der Waals surface area contributed by atoms with Crippen LogP contribution < -0.4 is 29.6 Å². The topological polar surface area (TPSA) is 181 Å². The van der Waals surface area contributed by atoms with Crippen molar-refractivity contribution in [3.8, 4) is 23.0 Å². The number of carbonyl (C=O) groups excluding carboxylic acids is 1. The molecule has 2 heterocycles. The van der Waals surface area contributed by atoms with E-state index in [9.17, 15) is 25.2 Å². The predicted octanol–water partition coefficient (Wildman–Crippen LogP) is 5.80. The van der Waals surface area contributed by atoms with E-state index in [4.69, 9.17) is 23.8 Å². The number of aliphatic hydroxyl groups excluding tert-OH is 4. The molecule has 2 unspecified atom stereocenters. The SMILES string of the molecule is COc1cc(C2=NOC(c3cc(CO)c(CO)c(CO)c3)C2)cc(OC)c1OCCCCCCCOc1ccc(C2NC(=O)c3ccccc3N2)cc1CO. The van der Waals surface area contributed by atoms with E-state index in [-0.39, 0.29) is 32.3 Å². The monoisotopic (exact) mass is 755 g/mol. The molecule has 0 aromatic heterocycles. The first kappa shape index (κ1) is 39.4. The number of rotatable bonds is 19. The minimum absolute atomic E-state index is 0.145. The number of hydrogen-bond acceptors (Lipinski definition) is 12. The number of nitrogens with zero attached hydrogens (tertiary/aromatic N) is 1. The highest BCUT2D eigenvalue weighted by atomic mass is 16.6. The lowest BCUT2D eigenvalue weighted by Crippen LogP contribution is -2.38. The van der Waals surface area contributed by atoms with Gasteiger partial charge in [-0.3, -0.25) is 4.79 Å². The highest BCUT2D eigenvalue weighted by molar-refractivity contribution is 6.02. The Morgan fingerprint density at radius 2 is 1.35 bits per heavy atom. The van der Waals surface area contributed by atoms with Crippen LogP contribution >= 0.6 is 0 Å².